The third-order valence-electron chi connectivity index (χ3n) is 5.74. The molecule has 3 rings (SSSR count). The average Bonchev–Trinajstić information content (AvgIpc) is 2.77. The first-order chi connectivity index (χ1) is 15.4. The second-order valence-corrected chi connectivity index (χ2v) is 8.45. The zero-order chi connectivity index (χ0) is 23.1. The molecule has 6 heteroatoms. The molecular weight excluding hydrogens is 404 g/mol. The van der Waals surface area contributed by atoms with Crippen molar-refractivity contribution in [3.63, 3.8) is 0 Å². The number of hydrogen-bond acceptors (Lipinski definition) is 4. The van der Waals surface area contributed by atoms with Gasteiger partial charge in [-0.3, -0.25) is 9.59 Å². The number of carbonyl (C=O) groups is 2. The average molecular weight is 439 g/mol. The van der Waals surface area contributed by atoms with Gasteiger partial charge in [0.05, 0.1) is 19.3 Å². The maximum Gasteiger partial charge on any atom is 0.227 e. The van der Waals surface area contributed by atoms with Gasteiger partial charge in [-0.1, -0.05) is 38.1 Å². The molecule has 2 amide bonds. The molecule has 172 valence electrons. The van der Waals surface area contributed by atoms with E-state index in [1.807, 2.05) is 56.3 Å². The van der Waals surface area contributed by atoms with Gasteiger partial charge in [-0.15, -0.1) is 0 Å². The first kappa shape index (κ1) is 23.6. The quantitative estimate of drug-likeness (QED) is 0.554. The molecule has 0 radical (unpaired) electrons. The Morgan fingerprint density at radius 3 is 2.53 bits per heavy atom. The number of ether oxygens (including phenoxy) is 2. The summed E-state index contributed by atoms with van der Waals surface area (Å²) in [5.41, 5.74) is 2.97. The summed E-state index contributed by atoms with van der Waals surface area (Å²) in [5, 5.41) is 6.12. The fourth-order valence-corrected chi connectivity index (χ4v) is 4.09. The van der Waals surface area contributed by atoms with Gasteiger partial charge >= 0.3 is 0 Å². The van der Waals surface area contributed by atoms with E-state index < -0.39 is 0 Å². The summed E-state index contributed by atoms with van der Waals surface area (Å²) < 4.78 is 11.4. The minimum absolute atomic E-state index is 0.00946. The molecule has 2 N–H and O–H groups in total. The van der Waals surface area contributed by atoms with Crippen molar-refractivity contribution in [2.45, 2.75) is 53.0 Å². The molecule has 0 aliphatic carbocycles. The van der Waals surface area contributed by atoms with Gasteiger partial charge in [-0.2, -0.15) is 0 Å². The van der Waals surface area contributed by atoms with E-state index in [1.54, 1.807) is 0 Å². The van der Waals surface area contributed by atoms with Gasteiger partial charge in [-0.05, 0) is 61.9 Å². The van der Waals surface area contributed by atoms with Gasteiger partial charge in [0.25, 0.3) is 0 Å². The number of para-hydroxylation sites is 1. The van der Waals surface area contributed by atoms with E-state index in [0.29, 0.717) is 44.0 Å². The number of hydrogen-bond donors (Lipinski definition) is 2. The smallest absolute Gasteiger partial charge is 0.227 e. The van der Waals surface area contributed by atoms with Gasteiger partial charge in [0.15, 0.2) is 11.5 Å². The molecule has 0 saturated heterocycles. The van der Waals surface area contributed by atoms with E-state index in [4.69, 9.17) is 9.47 Å². The Morgan fingerprint density at radius 2 is 1.81 bits per heavy atom. The highest BCUT2D eigenvalue weighted by atomic mass is 16.5. The van der Waals surface area contributed by atoms with Crippen LogP contribution in [0.15, 0.2) is 42.5 Å². The molecule has 0 bridgehead atoms. The summed E-state index contributed by atoms with van der Waals surface area (Å²) in [6.45, 7) is 9.12. The number of fused-ring (bicyclic) bond motifs is 1. The van der Waals surface area contributed by atoms with Crippen LogP contribution in [0.1, 0.15) is 57.7 Å². The number of carbonyl (C=O) groups excluding carboxylic acids is 2. The molecular formula is C26H34N2O4. The van der Waals surface area contributed by atoms with E-state index in [0.717, 1.165) is 16.8 Å². The monoisotopic (exact) mass is 438 g/mol. The van der Waals surface area contributed by atoms with E-state index in [9.17, 15) is 9.59 Å². The lowest BCUT2D eigenvalue weighted by atomic mass is 9.89. The topological polar surface area (TPSA) is 76.7 Å². The van der Waals surface area contributed by atoms with E-state index >= 15 is 0 Å². The number of rotatable bonds is 10. The lowest BCUT2D eigenvalue weighted by molar-refractivity contribution is -0.123. The Kier molecular flexibility index (Phi) is 8.14. The second kappa shape index (κ2) is 11.0. The van der Waals surface area contributed by atoms with Crippen LogP contribution in [0.4, 0.5) is 5.69 Å². The van der Waals surface area contributed by atoms with Gasteiger partial charge < -0.3 is 20.1 Å². The Bertz CT molecular complexity index is 941. The molecule has 2 unspecified atom stereocenters. The zero-order valence-electron chi connectivity index (χ0n) is 19.4. The lowest BCUT2D eigenvalue weighted by Gasteiger charge is -2.26. The second-order valence-electron chi connectivity index (χ2n) is 8.45. The van der Waals surface area contributed by atoms with Crippen LogP contribution in [0.25, 0.3) is 0 Å². The van der Waals surface area contributed by atoms with Crippen molar-refractivity contribution in [1.82, 2.24) is 5.32 Å². The van der Waals surface area contributed by atoms with E-state index in [-0.39, 0.29) is 29.7 Å². The standard InChI is InChI=1S/C26H34N2O4/c1-5-31-22-13-11-19(16-23(22)32-6-2)25(17(3)4)28-24(29)14-12-20-15-18-9-7-8-10-21(18)27-26(20)30/h7-11,13,16-17,20,25H,5-6,12,14-15H2,1-4H3,(H,27,30)(H,28,29). The summed E-state index contributed by atoms with van der Waals surface area (Å²) in [7, 11) is 0. The Hall–Kier alpha value is -3.02. The first-order valence-electron chi connectivity index (χ1n) is 11.5. The Balaban J connectivity index is 1.64. The maximum absolute atomic E-state index is 12.8. The molecule has 6 nitrogen and oxygen atoms in total. The predicted molar refractivity (Wildman–Crippen MR) is 126 cm³/mol. The molecule has 2 aromatic carbocycles. The maximum atomic E-state index is 12.8. The molecule has 1 aliphatic heterocycles. The van der Waals surface area contributed by atoms with Crippen LogP contribution in [0.3, 0.4) is 0 Å². The van der Waals surface area contributed by atoms with Gasteiger partial charge in [-0.25, -0.2) is 0 Å². The molecule has 0 saturated carbocycles. The van der Waals surface area contributed by atoms with Crippen LogP contribution in [0.2, 0.25) is 0 Å². The molecule has 2 aromatic rings. The van der Waals surface area contributed by atoms with Crippen molar-refractivity contribution in [1.29, 1.82) is 0 Å². The number of benzene rings is 2. The summed E-state index contributed by atoms with van der Waals surface area (Å²) in [6, 6.07) is 13.5. The fraction of sp³-hybridized carbons (Fsp3) is 0.462. The summed E-state index contributed by atoms with van der Waals surface area (Å²) in [4.78, 5) is 25.2. The molecule has 0 fully saturated rings. The fourth-order valence-electron chi connectivity index (χ4n) is 4.09. The minimum atomic E-state index is -0.191. The Labute approximate surface area is 190 Å². The molecule has 1 aliphatic rings. The number of nitrogens with one attached hydrogen (secondary N) is 2. The van der Waals surface area contributed by atoms with Crippen LogP contribution >= 0.6 is 0 Å². The molecule has 0 aromatic heterocycles. The first-order valence-corrected chi connectivity index (χ1v) is 11.5. The minimum Gasteiger partial charge on any atom is -0.490 e. The summed E-state index contributed by atoms with van der Waals surface area (Å²) >= 11 is 0. The zero-order valence-corrected chi connectivity index (χ0v) is 19.4. The van der Waals surface area contributed by atoms with E-state index in [1.165, 1.54) is 0 Å². The summed E-state index contributed by atoms with van der Waals surface area (Å²) in [5.74, 6) is 1.33. The van der Waals surface area contributed by atoms with Crippen molar-refractivity contribution < 1.29 is 19.1 Å². The highest BCUT2D eigenvalue weighted by Crippen LogP contribution is 2.33. The van der Waals surface area contributed by atoms with Crippen LogP contribution in [0.5, 0.6) is 11.5 Å². The van der Waals surface area contributed by atoms with E-state index in [2.05, 4.69) is 24.5 Å². The Morgan fingerprint density at radius 1 is 1.09 bits per heavy atom. The summed E-state index contributed by atoms with van der Waals surface area (Å²) in [6.07, 6.45) is 1.49. The molecule has 0 spiro atoms. The van der Waals surface area contributed by atoms with Crippen LogP contribution < -0.4 is 20.1 Å². The molecule has 1 heterocycles. The SMILES string of the molecule is CCOc1ccc(C(NC(=O)CCC2Cc3ccccc3NC2=O)C(C)C)cc1OCC. The number of amides is 2. The molecule has 32 heavy (non-hydrogen) atoms. The van der Waals surface area contributed by atoms with Crippen LogP contribution in [-0.4, -0.2) is 25.0 Å². The third kappa shape index (κ3) is 5.81. The van der Waals surface area contributed by atoms with Crippen LogP contribution in [-0.2, 0) is 16.0 Å². The van der Waals surface area contributed by atoms with Crippen molar-refractivity contribution >= 4 is 17.5 Å². The predicted octanol–water partition coefficient (Wildman–Crippen LogP) is 4.89. The normalized spacial score (nSPS) is 16.2. The van der Waals surface area contributed by atoms with Gasteiger partial charge in [0, 0.05) is 18.0 Å². The number of anilines is 1. The van der Waals surface area contributed by atoms with Gasteiger partial charge in [0.1, 0.15) is 0 Å². The van der Waals surface area contributed by atoms with Crippen molar-refractivity contribution in [3.8, 4) is 11.5 Å². The van der Waals surface area contributed by atoms with Gasteiger partial charge in [0.2, 0.25) is 11.8 Å². The van der Waals surface area contributed by atoms with Crippen LogP contribution in [0, 0.1) is 11.8 Å². The van der Waals surface area contributed by atoms with Crippen molar-refractivity contribution in [2.24, 2.45) is 11.8 Å². The lowest BCUT2D eigenvalue weighted by Crippen LogP contribution is -2.34. The highest BCUT2D eigenvalue weighted by molar-refractivity contribution is 5.96. The molecule has 2 atom stereocenters. The van der Waals surface area contributed by atoms with Crippen molar-refractivity contribution in [2.75, 3.05) is 18.5 Å². The highest BCUT2D eigenvalue weighted by Gasteiger charge is 2.27. The van der Waals surface area contributed by atoms with Crippen molar-refractivity contribution in [3.05, 3.63) is 53.6 Å². The largest absolute Gasteiger partial charge is 0.490 e. The third-order valence-corrected chi connectivity index (χ3v) is 5.74.